The normalized spacial score (nSPS) is 14.9. The Morgan fingerprint density at radius 2 is 1.93 bits per heavy atom. The van der Waals surface area contributed by atoms with Crippen LogP contribution in [0.5, 0.6) is 11.5 Å². The maximum absolute atomic E-state index is 12.7. The second kappa shape index (κ2) is 8.30. The molecule has 0 saturated heterocycles. The molecule has 2 heterocycles. The largest absolute Gasteiger partial charge is 0.485 e. The van der Waals surface area contributed by atoms with Crippen LogP contribution in [0.2, 0.25) is 0 Å². The van der Waals surface area contributed by atoms with Gasteiger partial charge in [-0.15, -0.1) is 11.3 Å². The van der Waals surface area contributed by atoms with Crippen molar-refractivity contribution in [1.29, 1.82) is 0 Å². The molecule has 148 valence electrons. The van der Waals surface area contributed by atoms with E-state index in [2.05, 4.69) is 10.6 Å². The van der Waals surface area contributed by atoms with E-state index in [1.54, 1.807) is 32.0 Å². The Morgan fingerprint density at radius 1 is 1.21 bits per heavy atom. The molecule has 1 aromatic carbocycles. The molecule has 1 aliphatic rings. The third kappa shape index (κ3) is 4.09. The number of rotatable bonds is 4. The number of ether oxygens (including phenoxy) is 3. The Hall–Kier alpha value is -3.07. The van der Waals surface area contributed by atoms with Crippen molar-refractivity contribution in [3.05, 3.63) is 40.3 Å². The first-order valence-electron chi connectivity index (χ1n) is 8.68. The van der Waals surface area contributed by atoms with Crippen molar-refractivity contribution >= 4 is 34.2 Å². The number of carbonyl (C=O) groups excluding carboxylic acids is 3. The average Bonchev–Trinajstić information content (AvgIpc) is 2.94. The van der Waals surface area contributed by atoms with Crippen molar-refractivity contribution in [3.63, 3.8) is 0 Å². The van der Waals surface area contributed by atoms with Gasteiger partial charge in [-0.3, -0.25) is 14.9 Å². The van der Waals surface area contributed by atoms with E-state index in [1.165, 1.54) is 11.3 Å². The molecule has 1 atom stereocenters. The van der Waals surface area contributed by atoms with E-state index in [-0.39, 0.29) is 18.8 Å². The highest BCUT2D eigenvalue weighted by atomic mass is 32.1. The van der Waals surface area contributed by atoms with Crippen molar-refractivity contribution < 1.29 is 28.6 Å². The first kappa shape index (κ1) is 19.7. The summed E-state index contributed by atoms with van der Waals surface area (Å²) in [4.78, 5) is 37.6. The zero-order valence-corrected chi connectivity index (χ0v) is 16.5. The lowest BCUT2D eigenvalue weighted by Crippen LogP contribution is -2.40. The van der Waals surface area contributed by atoms with Crippen LogP contribution in [-0.2, 0) is 9.53 Å². The fourth-order valence-electron chi connectivity index (χ4n) is 2.65. The standard InChI is InChI=1S/C19H20N2O6S/c1-4-25-19(24)21-17(23)15-10(2)11(3)28-18(15)20-16(22)14-9-26-12-7-5-6-8-13(12)27-14/h5-8,14H,4,9H2,1-3H3,(H,20,22)(H,21,23,24). The molecule has 9 heteroatoms. The molecule has 0 saturated carbocycles. The number of hydrogen-bond acceptors (Lipinski definition) is 7. The van der Waals surface area contributed by atoms with Crippen molar-refractivity contribution in [3.8, 4) is 11.5 Å². The minimum Gasteiger partial charge on any atom is -0.485 e. The molecule has 2 N–H and O–H groups in total. The molecular formula is C19H20N2O6S. The molecule has 2 aromatic rings. The Kier molecular flexibility index (Phi) is 5.84. The summed E-state index contributed by atoms with van der Waals surface area (Å²) in [6.07, 6.45) is -1.70. The lowest BCUT2D eigenvalue weighted by Gasteiger charge is -2.25. The lowest BCUT2D eigenvalue weighted by atomic mass is 10.1. The van der Waals surface area contributed by atoms with E-state index < -0.39 is 24.0 Å². The minimum atomic E-state index is -0.862. The first-order valence-corrected chi connectivity index (χ1v) is 9.49. The quantitative estimate of drug-likeness (QED) is 0.812. The second-order valence-corrected chi connectivity index (χ2v) is 7.24. The van der Waals surface area contributed by atoms with Crippen LogP contribution in [0.3, 0.4) is 0 Å². The number of nitrogens with one attached hydrogen (secondary N) is 2. The van der Waals surface area contributed by atoms with Gasteiger partial charge in [0, 0.05) is 4.88 Å². The van der Waals surface area contributed by atoms with Crippen LogP contribution in [-0.4, -0.2) is 37.2 Å². The van der Waals surface area contributed by atoms with Gasteiger partial charge in [0.25, 0.3) is 11.8 Å². The van der Waals surface area contributed by atoms with Gasteiger partial charge in [-0.2, -0.15) is 0 Å². The molecule has 0 spiro atoms. The summed E-state index contributed by atoms with van der Waals surface area (Å²) >= 11 is 1.25. The summed E-state index contributed by atoms with van der Waals surface area (Å²) in [5, 5.41) is 5.21. The topological polar surface area (TPSA) is 103 Å². The molecule has 0 bridgehead atoms. The summed E-state index contributed by atoms with van der Waals surface area (Å²) < 4.78 is 16.0. The molecule has 1 aromatic heterocycles. The summed E-state index contributed by atoms with van der Waals surface area (Å²) in [5.74, 6) is -0.0284. The molecule has 3 amide bonds. The monoisotopic (exact) mass is 404 g/mol. The van der Waals surface area contributed by atoms with Crippen molar-refractivity contribution in [2.24, 2.45) is 0 Å². The van der Waals surface area contributed by atoms with Gasteiger partial charge < -0.3 is 19.5 Å². The van der Waals surface area contributed by atoms with Crippen molar-refractivity contribution in [2.45, 2.75) is 26.9 Å². The molecule has 3 rings (SSSR count). The van der Waals surface area contributed by atoms with Gasteiger partial charge in [0.05, 0.1) is 12.2 Å². The molecule has 0 radical (unpaired) electrons. The number of carbonyl (C=O) groups is 3. The molecule has 8 nitrogen and oxygen atoms in total. The minimum absolute atomic E-state index is 0.0521. The Balaban J connectivity index is 1.75. The molecule has 28 heavy (non-hydrogen) atoms. The number of aryl methyl sites for hydroxylation is 1. The third-order valence-corrected chi connectivity index (χ3v) is 5.26. The van der Waals surface area contributed by atoms with E-state index in [9.17, 15) is 14.4 Å². The molecule has 1 unspecified atom stereocenters. The smallest absolute Gasteiger partial charge is 0.414 e. The zero-order valence-electron chi connectivity index (χ0n) is 15.7. The van der Waals surface area contributed by atoms with Gasteiger partial charge in [-0.1, -0.05) is 12.1 Å². The van der Waals surface area contributed by atoms with E-state index in [0.717, 1.165) is 4.88 Å². The lowest BCUT2D eigenvalue weighted by molar-refractivity contribution is -0.125. The van der Waals surface area contributed by atoms with Gasteiger partial charge in [-0.05, 0) is 38.5 Å². The van der Waals surface area contributed by atoms with Crippen molar-refractivity contribution in [1.82, 2.24) is 5.32 Å². The number of para-hydroxylation sites is 2. The van der Waals surface area contributed by atoms with Crippen LogP contribution < -0.4 is 20.1 Å². The van der Waals surface area contributed by atoms with Gasteiger partial charge in [0.1, 0.15) is 11.6 Å². The number of thiophene rings is 1. The highest BCUT2D eigenvalue weighted by molar-refractivity contribution is 7.16. The molecule has 0 aliphatic carbocycles. The fourth-order valence-corrected chi connectivity index (χ4v) is 3.71. The Bertz CT molecular complexity index is 923. The summed E-state index contributed by atoms with van der Waals surface area (Å²) in [5.41, 5.74) is 0.897. The summed E-state index contributed by atoms with van der Waals surface area (Å²) in [7, 11) is 0. The Labute approximate surface area is 165 Å². The van der Waals surface area contributed by atoms with Gasteiger partial charge in [0.15, 0.2) is 11.5 Å². The molecular weight excluding hydrogens is 384 g/mol. The van der Waals surface area contributed by atoms with Crippen LogP contribution in [0.4, 0.5) is 9.80 Å². The summed E-state index contributed by atoms with van der Waals surface area (Å²) in [6, 6.07) is 7.07. The molecule has 1 aliphatic heterocycles. The number of benzene rings is 1. The van der Waals surface area contributed by atoms with Crippen LogP contribution in [0, 0.1) is 13.8 Å². The van der Waals surface area contributed by atoms with Crippen LogP contribution in [0.1, 0.15) is 27.7 Å². The maximum atomic E-state index is 12.7. The number of hydrogen-bond donors (Lipinski definition) is 2. The number of imide groups is 1. The fraction of sp³-hybridized carbons (Fsp3) is 0.316. The Morgan fingerprint density at radius 3 is 2.64 bits per heavy atom. The van der Waals surface area contributed by atoms with Crippen LogP contribution in [0.25, 0.3) is 0 Å². The highest BCUT2D eigenvalue weighted by Crippen LogP contribution is 2.34. The second-order valence-electron chi connectivity index (χ2n) is 6.02. The zero-order chi connectivity index (χ0) is 20.3. The summed E-state index contributed by atoms with van der Waals surface area (Å²) in [6.45, 7) is 5.41. The van der Waals surface area contributed by atoms with E-state index in [0.29, 0.717) is 22.1 Å². The van der Waals surface area contributed by atoms with E-state index >= 15 is 0 Å². The first-order chi connectivity index (χ1) is 13.4. The average molecular weight is 404 g/mol. The molecule has 0 fully saturated rings. The van der Waals surface area contributed by atoms with E-state index in [1.807, 2.05) is 13.0 Å². The predicted molar refractivity (Wildman–Crippen MR) is 103 cm³/mol. The predicted octanol–water partition coefficient (Wildman–Crippen LogP) is 3.03. The number of anilines is 1. The van der Waals surface area contributed by atoms with Gasteiger partial charge in [-0.25, -0.2) is 4.79 Å². The van der Waals surface area contributed by atoms with Crippen LogP contribution >= 0.6 is 11.3 Å². The number of alkyl carbamates (subject to hydrolysis) is 1. The third-order valence-electron chi connectivity index (χ3n) is 4.14. The van der Waals surface area contributed by atoms with Crippen molar-refractivity contribution in [2.75, 3.05) is 18.5 Å². The van der Waals surface area contributed by atoms with Crippen LogP contribution in [0.15, 0.2) is 24.3 Å². The number of fused-ring (bicyclic) bond motifs is 1. The maximum Gasteiger partial charge on any atom is 0.414 e. The van der Waals surface area contributed by atoms with Gasteiger partial charge >= 0.3 is 6.09 Å². The highest BCUT2D eigenvalue weighted by Gasteiger charge is 2.30. The number of amides is 3. The SMILES string of the molecule is CCOC(=O)NC(=O)c1c(NC(=O)C2COc3ccccc3O2)sc(C)c1C. The van der Waals surface area contributed by atoms with Gasteiger partial charge in [0.2, 0.25) is 6.10 Å². The van der Waals surface area contributed by atoms with E-state index in [4.69, 9.17) is 14.2 Å².